The van der Waals surface area contributed by atoms with E-state index < -0.39 is 11.9 Å². The number of amides is 1. The van der Waals surface area contributed by atoms with E-state index in [0.717, 1.165) is 5.69 Å². The molecule has 4 heterocycles. The monoisotopic (exact) mass is 352 g/mol. The molecule has 0 bridgehead atoms. The van der Waals surface area contributed by atoms with E-state index in [1.165, 1.54) is 18.7 Å². The molecule has 0 aliphatic carbocycles. The lowest BCUT2D eigenvalue weighted by atomic mass is 10.00. The minimum Gasteiger partial charge on any atom is -0.455 e. The van der Waals surface area contributed by atoms with E-state index in [4.69, 9.17) is 8.83 Å². The van der Waals surface area contributed by atoms with Crippen molar-refractivity contribution in [2.24, 2.45) is 0 Å². The van der Waals surface area contributed by atoms with Crippen molar-refractivity contribution < 1.29 is 18.0 Å². The van der Waals surface area contributed by atoms with Crippen LogP contribution in [0.1, 0.15) is 33.7 Å². The standard InChI is InChI=1S/C18H13FN4O3/c19-11-3-1-2-10-6-13(26-17(10)11)16-15-12(21-8-22-15)4-5-23(16)18(24)14-7-20-9-25-14/h1-3,6-9,16H,4-5H2,(H,21,22)/t16-/m0/s1. The lowest BCUT2D eigenvalue weighted by Crippen LogP contribution is -2.40. The van der Waals surface area contributed by atoms with Gasteiger partial charge in [-0.2, -0.15) is 0 Å². The summed E-state index contributed by atoms with van der Waals surface area (Å²) in [4.78, 5) is 25.8. The van der Waals surface area contributed by atoms with E-state index in [0.29, 0.717) is 29.8 Å². The predicted octanol–water partition coefficient (Wildman–Crippen LogP) is 3.07. The summed E-state index contributed by atoms with van der Waals surface area (Å²) < 4.78 is 25.0. The zero-order valence-electron chi connectivity index (χ0n) is 13.5. The van der Waals surface area contributed by atoms with Gasteiger partial charge >= 0.3 is 0 Å². The molecule has 1 aliphatic heterocycles. The third kappa shape index (κ3) is 2.15. The largest absolute Gasteiger partial charge is 0.455 e. The Labute approximate surface area is 146 Å². The molecule has 7 nitrogen and oxygen atoms in total. The molecule has 0 saturated heterocycles. The van der Waals surface area contributed by atoms with Gasteiger partial charge in [0, 0.05) is 24.0 Å². The quantitative estimate of drug-likeness (QED) is 0.599. The Morgan fingerprint density at radius 3 is 3.12 bits per heavy atom. The van der Waals surface area contributed by atoms with E-state index in [-0.39, 0.29) is 17.3 Å². The topological polar surface area (TPSA) is 88.2 Å². The van der Waals surface area contributed by atoms with Gasteiger partial charge in [-0.15, -0.1) is 0 Å². The molecule has 0 unspecified atom stereocenters. The highest BCUT2D eigenvalue weighted by molar-refractivity contribution is 5.92. The summed E-state index contributed by atoms with van der Waals surface area (Å²) in [6.45, 7) is 0.443. The van der Waals surface area contributed by atoms with Crippen LogP contribution in [-0.4, -0.2) is 32.3 Å². The molecule has 1 amide bonds. The number of carbonyl (C=O) groups excluding carboxylic acids is 1. The molecule has 1 aromatic carbocycles. The number of aromatic amines is 1. The molecule has 0 saturated carbocycles. The number of fused-ring (bicyclic) bond motifs is 2. The number of rotatable bonds is 2. The second kappa shape index (κ2) is 5.55. The van der Waals surface area contributed by atoms with Gasteiger partial charge in [0.15, 0.2) is 17.8 Å². The molecule has 0 fully saturated rings. The fraction of sp³-hybridized carbons (Fsp3) is 0.167. The van der Waals surface area contributed by atoms with Gasteiger partial charge in [-0.05, 0) is 12.1 Å². The summed E-state index contributed by atoms with van der Waals surface area (Å²) in [7, 11) is 0. The molecular formula is C18H13FN4O3. The lowest BCUT2D eigenvalue weighted by molar-refractivity contribution is 0.0640. The molecule has 4 aromatic rings. The predicted molar refractivity (Wildman–Crippen MR) is 87.8 cm³/mol. The number of furan rings is 1. The first kappa shape index (κ1) is 14.9. The van der Waals surface area contributed by atoms with Crippen LogP contribution in [-0.2, 0) is 6.42 Å². The van der Waals surface area contributed by atoms with Gasteiger partial charge in [-0.25, -0.2) is 14.4 Å². The summed E-state index contributed by atoms with van der Waals surface area (Å²) in [5.41, 5.74) is 1.78. The molecular weight excluding hydrogens is 339 g/mol. The number of nitrogens with zero attached hydrogens (tertiary/aromatic N) is 3. The van der Waals surface area contributed by atoms with Crippen molar-refractivity contribution in [1.82, 2.24) is 19.9 Å². The van der Waals surface area contributed by atoms with Crippen LogP contribution in [0.5, 0.6) is 0 Å². The fourth-order valence-electron chi connectivity index (χ4n) is 3.43. The first-order valence-electron chi connectivity index (χ1n) is 8.12. The van der Waals surface area contributed by atoms with Gasteiger partial charge in [0.2, 0.25) is 5.76 Å². The molecule has 0 spiro atoms. The van der Waals surface area contributed by atoms with E-state index in [1.54, 1.807) is 29.4 Å². The summed E-state index contributed by atoms with van der Waals surface area (Å²) in [6.07, 6.45) is 4.80. The molecule has 1 atom stereocenters. The first-order valence-corrected chi connectivity index (χ1v) is 8.12. The van der Waals surface area contributed by atoms with Gasteiger partial charge in [0.1, 0.15) is 11.8 Å². The van der Waals surface area contributed by atoms with Crippen molar-refractivity contribution in [3.05, 3.63) is 71.9 Å². The minimum atomic E-state index is -0.575. The number of imidazole rings is 1. The SMILES string of the molecule is O=C(c1cnco1)N1CCc2[nH]cnc2[C@@H]1c1cc2cccc(F)c2o1. The fourth-order valence-corrected chi connectivity index (χ4v) is 3.43. The van der Waals surface area contributed by atoms with E-state index >= 15 is 0 Å². The lowest BCUT2D eigenvalue weighted by Gasteiger charge is -2.32. The molecule has 0 radical (unpaired) electrons. The Bertz CT molecular complexity index is 1100. The van der Waals surface area contributed by atoms with Crippen molar-refractivity contribution in [3.8, 4) is 0 Å². The highest BCUT2D eigenvalue weighted by Gasteiger charge is 2.37. The van der Waals surface area contributed by atoms with Crippen LogP contribution in [0.4, 0.5) is 4.39 Å². The van der Waals surface area contributed by atoms with Crippen molar-refractivity contribution in [2.45, 2.75) is 12.5 Å². The van der Waals surface area contributed by atoms with Crippen LogP contribution in [0.2, 0.25) is 0 Å². The molecule has 130 valence electrons. The number of aromatic nitrogens is 3. The minimum absolute atomic E-state index is 0.135. The second-order valence-corrected chi connectivity index (χ2v) is 6.09. The summed E-state index contributed by atoms with van der Waals surface area (Å²) >= 11 is 0. The number of nitrogens with one attached hydrogen (secondary N) is 1. The highest BCUT2D eigenvalue weighted by Crippen LogP contribution is 2.37. The zero-order chi connectivity index (χ0) is 17.7. The number of H-pyrrole nitrogens is 1. The smallest absolute Gasteiger partial charge is 0.292 e. The van der Waals surface area contributed by atoms with Crippen molar-refractivity contribution in [1.29, 1.82) is 0 Å². The van der Waals surface area contributed by atoms with Crippen LogP contribution < -0.4 is 0 Å². The Morgan fingerprint density at radius 2 is 2.31 bits per heavy atom. The number of carbonyl (C=O) groups is 1. The van der Waals surface area contributed by atoms with E-state index in [2.05, 4.69) is 15.0 Å². The van der Waals surface area contributed by atoms with E-state index in [9.17, 15) is 9.18 Å². The third-order valence-corrected chi connectivity index (χ3v) is 4.61. The molecule has 1 N–H and O–H groups in total. The van der Waals surface area contributed by atoms with E-state index in [1.807, 2.05) is 0 Å². The Hall–Kier alpha value is -3.42. The average molecular weight is 352 g/mol. The van der Waals surface area contributed by atoms with Gasteiger partial charge in [-0.1, -0.05) is 12.1 Å². The van der Waals surface area contributed by atoms with Crippen LogP contribution in [0.25, 0.3) is 11.0 Å². The molecule has 3 aromatic heterocycles. The van der Waals surface area contributed by atoms with Crippen LogP contribution >= 0.6 is 0 Å². The molecule has 8 heteroatoms. The number of halogens is 1. The van der Waals surface area contributed by atoms with Crippen molar-refractivity contribution >= 4 is 16.9 Å². The number of oxazole rings is 1. The summed E-state index contributed by atoms with van der Waals surface area (Å²) in [5, 5.41) is 0.634. The van der Waals surface area contributed by atoms with Gasteiger partial charge in [-0.3, -0.25) is 4.79 Å². The Balaban J connectivity index is 1.66. The molecule has 26 heavy (non-hydrogen) atoms. The normalized spacial score (nSPS) is 16.8. The zero-order valence-corrected chi connectivity index (χ0v) is 13.5. The second-order valence-electron chi connectivity index (χ2n) is 6.09. The van der Waals surface area contributed by atoms with Crippen LogP contribution in [0.15, 0.2) is 52.0 Å². The molecule has 1 aliphatic rings. The maximum atomic E-state index is 14.1. The molecule has 5 rings (SSSR count). The maximum absolute atomic E-state index is 14.1. The highest BCUT2D eigenvalue weighted by atomic mass is 19.1. The van der Waals surface area contributed by atoms with Gasteiger partial charge in [0.25, 0.3) is 5.91 Å². The van der Waals surface area contributed by atoms with Gasteiger partial charge in [0.05, 0.1) is 18.2 Å². The van der Waals surface area contributed by atoms with Crippen molar-refractivity contribution in [2.75, 3.05) is 6.54 Å². The van der Waals surface area contributed by atoms with Crippen LogP contribution in [0, 0.1) is 5.82 Å². The number of benzene rings is 1. The maximum Gasteiger partial charge on any atom is 0.292 e. The Kier molecular flexibility index (Phi) is 3.18. The van der Waals surface area contributed by atoms with Gasteiger partial charge < -0.3 is 18.7 Å². The number of hydrogen-bond donors (Lipinski definition) is 1. The summed E-state index contributed by atoms with van der Waals surface area (Å²) in [5.74, 6) is -0.177. The van der Waals surface area contributed by atoms with Crippen molar-refractivity contribution in [3.63, 3.8) is 0 Å². The summed E-state index contributed by atoms with van der Waals surface area (Å²) in [6, 6.07) is 5.90. The average Bonchev–Trinajstić information content (AvgIpc) is 3.39. The number of hydrogen-bond acceptors (Lipinski definition) is 5. The third-order valence-electron chi connectivity index (χ3n) is 4.61. The first-order chi connectivity index (χ1) is 12.7. The Morgan fingerprint density at radius 1 is 1.38 bits per heavy atom. The van der Waals surface area contributed by atoms with Crippen LogP contribution in [0.3, 0.4) is 0 Å². The number of para-hydroxylation sites is 1.